The molecule has 174 valence electrons. The second-order valence-electron chi connectivity index (χ2n) is 8.99. The lowest BCUT2D eigenvalue weighted by Gasteiger charge is -2.24. The highest BCUT2D eigenvalue weighted by molar-refractivity contribution is 5.70. The van der Waals surface area contributed by atoms with Crippen LogP contribution < -0.4 is 16.3 Å². The van der Waals surface area contributed by atoms with Crippen LogP contribution in [0, 0.1) is 12.8 Å². The lowest BCUT2D eigenvalue weighted by Crippen LogP contribution is -2.34. The van der Waals surface area contributed by atoms with E-state index in [0.29, 0.717) is 30.0 Å². The molecule has 1 aliphatic carbocycles. The van der Waals surface area contributed by atoms with E-state index in [1.165, 1.54) is 24.3 Å². The molecule has 0 heterocycles. The highest BCUT2D eigenvalue weighted by Gasteiger charge is 2.18. The van der Waals surface area contributed by atoms with Gasteiger partial charge in [0, 0.05) is 20.6 Å². The number of nitrogens with two attached hydrogens (primary N) is 2. The van der Waals surface area contributed by atoms with Gasteiger partial charge in [-0.15, -0.1) is 0 Å². The zero-order chi connectivity index (χ0) is 23.0. The number of rotatable bonds is 9. The number of hydrogen-bond donors (Lipinski definition) is 2. The summed E-state index contributed by atoms with van der Waals surface area (Å²) in [4.78, 5) is 13.9. The van der Waals surface area contributed by atoms with Crippen LogP contribution in [0.2, 0.25) is 0 Å². The molecule has 2 rings (SSSR count). The van der Waals surface area contributed by atoms with Crippen molar-refractivity contribution in [1.82, 2.24) is 9.91 Å². The van der Waals surface area contributed by atoms with Crippen molar-refractivity contribution in [3.05, 3.63) is 35.0 Å². The summed E-state index contributed by atoms with van der Waals surface area (Å²) in [5, 5.41) is 1.40. The van der Waals surface area contributed by atoms with Crippen LogP contribution >= 0.6 is 0 Å². The van der Waals surface area contributed by atoms with Crippen molar-refractivity contribution in [2.75, 3.05) is 27.2 Å². The predicted molar refractivity (Wildman–Crippen MR) is 125 cm³/mol. The van der Waals surface area contributed by atoms with E-state index < -0.39 is 0 Å². The number of benzene rings is 1. The van der Waals surface area contributed by atoms with E-state index in [1.54, 1.807) is 19.0 Å². The Labute approximate surface area is 187 Å². The summed E-state index contributed by atoms with van der Waals surface area (Å²) < 4.78 is 11.7. The maximum absolute atomic E-state index is 12.3. The minimum absolute atomic E-state index is 0.00303. The van der Waals surface area contributed by atoms with Gasteiger partial charge in [0.05, 0.1) is 17.5 Å². The minimum Gasteiger partial charge on any atom is -0.490 e. The highest BCUT2D eigenvalue weighted by Crippen LogP contribution is 2.28. The number of carbonyl (C=O) groups is 1. The van der Waals surface area contributed by atoms with E-state index in [4.69, 9.17) is 21.1 Å². The van der Waals surface area contributed by atoms with E-state index in [1.807, 2.05) is 25.1 Å². The summed E-state index contributed by atoms with van der Waals surface area (Å²) in [6.45, 7) is 6.91. The van der Waals surface area contributed by atoms with Gasteiger partial charge in [0.15, 0.2) is 0 Å². The fraction of sp³-hybridized carbons (Fsp3) is 0.625. The van der Waals surface area contributed by atoms with E-state index in [-0.39, 0.29) is 12.7 Å². The molecule has 0 saturated heterocycles. The van der Waals surface area contributed by atoms with Gasteiger partial charge in [-0.1, -0.05) is 20.3 Å². The molecule has 31 heavy (non-hydrogen) atoms. The number of hydrogen-bond acceptors (Lipinski definition) is 6. The molecule has 0 aliphatic heterocycles. The van der Waals surface area contributed by atoms with Crippen LogP contribution in [0.4, 0.5) is 4.79 Å². The van der Waals surface area contributed by atoms with E-state index in [0.717, 1.165) is 36.1 Å². The zero-order valence-electron chi connectivity index (χ0n) is 19.8. The number of nitrogens with zero attached hydrogens (tertiary/aromatic N) is 2. The lowest BCUT2D eigenvalue weighted by atomic mass is 9.97. The topological polar surface area (TPSA) is 94.1 Å². The molecule has 1 saturated carbocycles. The molecule has 0 bridgehead atoms. The summed E-state index contributed by atoms with van der Waals surface area (Å²) in [6, 6.07) is 5.89. The van der Waals surface area contributed by atoms with Gasteiger partial charge in [0.25, 0.3) is 0 Å². The van der Waals surface area contributed by atoms with Crippen molar-refractivity contribution in [2.45, 2.75) is 65.4 Å². The Bertz CT molecular complexity index is 755. The third kappa shape index (κ3) is 7.65. The molecule has 7 heteroatoms. The Kier molecular flexibility index (Phi) is 9.49. The molecule has 0 aromatic heterocycles. The zero-order valence-corrected chi connectivity index (χ0v) is 19.8. The monoisotopic (exact) mass is 432 g/mol. The van der Waals surface area contributed by atoms with Crippen molar-refractivity contribution in [3.8, 4) is 5.75 Å². The average molecular weight is 433 g/mol. The van der Waals surface area contributed by atoms with E-state index in [2.05, 4.69) is 13.8 Å². The van der Waals surface area contributed by atoms with Crippen LogP contribution in [0.3, 0.4) is 0 Å². The number of amides is 1. The second kappa shape index (κ2) is 11.8. The first kappa shape index (κ1) is 24.9. The van der Waals surface area contributed by atoms with E-state index >= 15 is 0 Å². The fourth-order valence-corrected chi connectivity index (χ4v) is 3.63. The molecule has 0 spiro atoms. The summed E-state index contributed by atoms with van der Waals surface area (Å²) >= 11 is 0. The minimum atomic E-state index is -0.389. The number of likely N-dealkylation sites (N-methyl/N-ethyl adjacent to an activating group) is 1. The fourth-order valence-electron chi connectivity index (χ4n) is 3.63. The molecule has 0 unspecified atom stereocenters. The maximum Gasteiger partial charge on any atom is 0.409 e. The quantitative estimate of drug-likeness (QED) is 0.447. The number of aryl methyl sites for hydroxylation is 1. The van der Waals surface area contributed by atoms with Gasteiger partial charge in [-0.3, -0.25) is 0 Å². The first-order valence-electron chi connectivity index (χ1n) is 11.3. The third-order valence-corrected chi connectivity index (χ3v) is 5.75. The number of carbonyl (C=O) groups excluding carboxylic acids is 1. The number of ether oxygens (including phenoxy) is 2. The van der Waals surface area contributed by atoms with Gasteiger partial charge in [-0.2, -0.15) is 0 Å². The van der Waals surface area contributed by atoms with Crippen molar-refractivity contribution in [2.24, 2.45) is 17.5 Å². The largest absolute Gasteiger partial charge is 0.490 e. The SMILES string of the molecule is Cc1cc(/C(N)=C(\COC(=O)N(C)CCC(C)C)N(C)N)ccc1OC1CCCCC1. The Balaban J connectivity index is 2.07. The Morgan fingerprint density at radius 1 is 1.19 bits per heavy atom. The molecule has 1 aromatic carbocycles. The Morgan fingerprint density at radius 2 is 1.87 bits per heavy atom. The van der Waals surface area contributed by atoms with Gasteiger partial charge in [0.1, 0.15) is 12.4 Å². The summed E-state index contributed by atoms with van der Waals surface area (Å²) in [5.41, 5.74) is 9.29. The maximum atomic E-state index is 12.3. The van der Waals surface area contributed by atoms with Crippen molar-refractivity contribution >= 4 is 11.8 Å². The van der Waals surface area contributed by atoms with Crippen LogP contribution in [0.5, 0.6) is 5.75 Å². The van der Waals surface area contributed by atoms with Crippen LogP contribution in [0.25, 0.3) is 5.70 Å². The molecular weight excluding hydrogens is 392 g/mol. The summed E-state index contributed by atoms with van der Waals surface area (Å²) in [5.74, 6) is 7.40. The Morgan fingerprint density at radius 3 is 2.45 bits per heavy atom. The van der Waals surface area contributed by atoms with Crippen molar-refractivity contribution in [1.29, 1.82) is 0 Å². The molecule has 0 atom stereocenters. The predicted octanol–water partition coefficient (Wildman–Crippen LogP) is 4.25. The molecule has 1 fully saturated rings. The van der Waals surface area contributed by atoms with Gasteiger partial charge in [0.2, 0.25) is 0 Å². The Hall–Kier alpha value is -2.41. The smallest absolute Gasteiger partial charge is 0.409 e. The van der Waals surface area contributed by atoms with E-state index in [9.17, 15) is 4.79 Å². The molecule has 1 amide bonds. The first-order chi connectivity index (χ1) is 14.7. The first-order valence-corrected chi connectivity index (χ1v) is 11.3. The molecule has 1 aromatic rings. The van der Waals surface area contributed by atoms with Gasteiger partial charge in [-0.25, -0.2) is 10.6 Å². The normalized spacial score (nSPS) is 15.5. The second-order valence-corrected chi connectivity index (χ2v) is 8.99. The molecule has 7 nitrogen and oxygen atoms in total. The molecule has 1 aliphatic rings. The summed E-state index contributed by atoms with van der Waals surface area (Å²) in [7, 11) is 3.42. The molecular formula is C24H40N4O3. The van der Waals surface area contributed by atoms with Crippen LogP contribution in [0.1, 0.15) is 63.5 Å². The highest BCUT2D eigenvalue weighted by atomic mass is 16.6. The van der Waals surface area contributed by atoms with Gasteiger partial charge in [-0.05, 0) is 74.3 Å². The van der Waals surface area contributed by atoms with Crippen molar-refractivity contribution in [3.63, 3.8) is 0 Å². The van der Waals surface area contributed by atoms with Gasteiger partial charge < -0.3 is 25.1 Å². The van der Waals surface area contributed by atoms with Gasteiger partial charge >= 0.3 is 6.09 Å². The standard InChI is InChI=1S/C24H40N4O3/c1-17(2)13-14-27(4)24(29)30-16-21(28(5)26)23(25)19-11-12-22(18(3)15-19)31-20-9-7-6-8-10-20/h11-12,15,17,20H,6-10,13-14,16,25-26H2,1-5H3/b23-21-. The third-order valence-electron chi connectivity index (χ3n) is 5.75. The molecule has 4 N–H and O–H groups in total. The van der Waals surface area contributed by atoms with Crippen LogP contribution in [-0.4, -0.2) is 49.4 Å². The lowest BCUT2D eigenvalue weighted by molar-refractivity contribution is 0.112. The molecule has 0 radical (unpaired) electrons. The van der Waals surface area contributed by atoms with Crippen LogP contribution in [-0.2, 0) is 4.74 Å². The summed E-state index contributed by atoms with van der Waals surface area (Å²) in [6.07, 6.45) is 6.81. The van der Waals surface area contributed by atoms with Crippen LogP contribution in [0.15, 0.2) is 23.9 Å². The number of hydrazine groups is 1. The van der Waals surface area contributed by atoms with Crippen molar-refractivity contribution < 1.29 is 14.3 Å². The average Bonchev–Trinajstić information content (AvgIpc) is 2.73.